The quantitative estimate of drug-likeness (QED) is 0.146. The van der Waals surface area contributed by atoms with Gasteiger partial charge in [-0.1, -0.05) is 48.9 Å². The first-order valence-electron chi connectivity index (χ1n) is 12.5. The molecule has 0 fully saturated rings. The van der Waals surface area contributed by atoms with Crippen molar-refractivity contribution in [2.45, 2.75) is 23.5 Å². The van der Waals surface area contributed by atoms with Gasteiger partial charge in [0.05, 0.1) is 5.25 Å². The van der Waals surface area contributed by atoms with Gasteiger partial charge in [0, 0.05) is 39.3 Å². The van der Waals surface area contributed by atoms with E-state index in [9.17, 15) is 14.4 Å². The molecular formula is C31H27ClN4O3S. The Labute approximate surface area is 242 Å². The standard InChI is InChI=1S/C31H27ClN4O3S/c1-2-28(31(39)34-24-15-13-23(32)14-16-24)40-26-12-6-11-25(19-26)35-30(38)27(18-21-8-7-17-33-20-21)36-29(37)22-9-4-3-5-10-22/h3-20,28H,2H2,1H3,(H,34,39)(H,35,38)(H,36,37)/b27-18-. The van der Waals surface area contributed by atoms with Gasteiger partial charge in [-0.2, -0.15) is 0 Å². The number of thioether (sulfide) groups is 1. The van der Waals surface area contributed by atoms with Crippen LogP contribution >= 0.6 is 23.4 Å². The second-order valence-electron chi connectivity index (χ2n) is 8.66. The summed E-state index contributed by atoms with van der Waals surface area (Å²) in [5.74, 6) is -1.04. The van der Waals surface area contributed by atoms with Crippen LogP contribution in [0.25, 0.3) is 6.08 Å². The van der Waals surface area contributed by atoms with Crippen LogP contribution in [0, 0.1) is 0 Å². The number of anilines is 2. The second kappa shape index (κ2) is 14.1. The molecule has 3 aromatic carbocycles. The zero-order valence-electron chi connectivity index (χ0n) is 21.6. The average Bonchev–Trinajstić information content (AvgIpc) is 2.98. The number of carbonyl (C=O) groups excluding carboxylic acids is 3. The Morgan fingerprint density at radius 3 is 2.38 bits per heavy atom. The predicted molar refractivity (Wildman–Crippen MR) is 161 cm³/mol. The van der Waals surface area contributed by atoms with Crippen molar-refractivity contribution in [1.29, 1.82) is 0 Å². The Kier molecular flexibility index (Phi) is 10.1. The van der Waals surface area contributed by atoms with Gasteiger partial charge in [-0.05, 0) is 78.7 Å². The second-order valence-corrected chi connectivity index (χ2v) is 10.4. The summed E-state index contributed by atoms with van der Waals surface area (Å²) in [7, 11) is 0. The third-order valence-corrected chi connectivity index (χ3v) is 7.28. The zero-order chi connectivity index (χ0) is 28.3. The predicted octanol–water partition coefficient (Wildman–Crippen LogP) is 6.65. The first-order chi connectivity index (χ1) is 19.4. The molecule has 0 saturated heterocycles. The van der Waals surface area contributed by atoms with Gasteiger partial charge in [0.25, 0.3) is 11.8 Å². The number of benzene rings is 3. The molecule has 3 amide bonds. The highest BCUT2D eigenvalue weighted by atomic mass is 35.5. The Balaban J connectivity index is 1.48. The highest BCUT2D eigenvalue weighted by Crippen LogP contribution is 2.29. The molecule has 0 aliphatic rings. The molecule has 1 atom stereocenters. The number of hydrogen-bond donors (Lipinski definition) is 3. The van der Waals surface area contributed by atoms with E-state index in [1.807, 2.05) is 19.1 Å². The SMILES string of the molecule is CCC(Sc1cccc(NC(=O)/C(=C/c2cccnc2)NC(=O)c2ccccc2)c1)C(=O)Nc1ccc(Cl)cc1. The summed E-state index contributed by atoms with van der Waals surface area (Å²) in [6, 6.07) is 26.3. The van der Waals surface area contributed by atoms with Crippen LogP contribution < -0.4 is 16.0 Å². The van der Waals surface area contributed by atoms with E-state index in [-0.39, 0.29) is 16.9 Å². The van der Waals surface area contributed by atoms with E-state index in [1.54, 1.807) is 97.3 Å². The molecule has 1 heterocycles. The van der Waals surface area contributed by atoms with Crippen LogP contribution in [-0.2, 0) is 9.59 Å². The van der Waals surface area contributed by atoms with Crippen LogP contribution in [0.2, 0.25) is 5.02 Å². The first kappa shape index (κ1) is 28.6. The highest BCUT2D eigenvalue weighted by Gasteiger charge is 2.19. The molecule has 202 valence electrons. The molecule has 7 nitrogen and oxygen atoms in total. The molecule has 3 N–H and O–H groups in total. The Bertz CT molecular complexity index is 1500. The van der Waals surface area contributed by atoms with Crippen LogP contribution in [0.1, 0.15) is 29.3 Å². The monoisotopic (exact) mass is 570 g/mol. The molecule has 40 heavy (non-hydrogen) atoms. The molecule has 4 rings (SSSR count). The lowest BCUT2D eigenvalue weighted by Gasteiger charge is -2.16. The highest BCUT2D eigenvalue weighted by molar-refractivity contribution is 8.00. The Morgan fingerprint density at radius 2 is 1.68 bits per heavy atom. The van der Waals surface area contributed by atoms with Crippen molar-refractivity contribution in [3.63, 3.8) is 0 Å². The molecule has 0 saturated carbocycles. The summed E-state index contributed by atoms with van der Waals surface area (Å²) in [6.45, 7) is 1.94. The van der Waals surface area contributed by atoms with E-state index in [2.05, 4.69) is 20.9 Å². The van der Waals surface area contributed by atoms with Crippen LogP contribution in [-0.4, -0.2) is 28.0 Å². The maximum atomic E-state index is 13.3. The third kappa shape index (κ3) is 8.30. The largest absolute Gasteiger partial charge is 0.325 e. The van der Waals surface area contributed by atoms with Gasteiger partial charge in [-0.3, -0.25) is 19.4 Å². The van der Waals surface area contributed by atoms with Crippen molar-refractivity contribution < 1.29 is 14.4 Å². The van der Waals surface area contributed by atoms with Gasteiger partial charge < -0.3 is 16.0 Å². The van der Waals surface area contributed by atoms with Crippen LogP contribution in [0.15, 0.2) is 114 Å². The van der Waals surface area contributed by atoms with Gasteiger partial charge in [-0.15, -0.1) is 11.8 Å². The van der Waals surface area contributed by atoms with Crippen molar-refractivity contribution in [3.05, 3.63) is 125 Å². The fourth-order valence-corrected chi connectivity index (χ4v) is 4.80. The molecule has 0 bridgehead atoms. The maximum Gasteiger partial charge on any atom is 0.272 e. The van der Waals surface area contributed by atoms with Crippen molar-refractivity contribution >= 4 is 58.5 Å². The lowest BCUT2D eigenvalue weighted by molar-refractivity contribution is -0.116. The third-order valence-electron chi connectivity index (χ3n) is 5.67. The lowest BCUT2D eigenvalue weighted by atomic mass is 10.2. The molecule has 0 radical (unpaired) electrons. The summed E-state index contributed by atoms with van der Waals surface area (Å²) >= 11 is 7.33. The minimum Gasteiger partial charge on any atom is -0.325 e. The lowest BCUT2D eigenvalue weighted by Crippen LogP contribution is -2.30. The van der Waals surface area contributed by atoms with Crippen LogP contribution in [0.3, 0.4) is 0 Å². The number of aromatic nitrogens is 1. The van der Waals surface area contributed by atoms with Gasteiger partial charge in [0.2, 0.25) is 5.91 Å². The van der Waals surface area contributed by atoms with Crippen molar-refractivity contribution in [2.24, 2.45) is 0 Å². The maximum absolute atomic E-state index is 13.3. The van der Waals surface area contributed by atoms with Crippen molar-refractivity contribution in [1.82, 2.24) is 10.3 Å². The summed E-state index contributed by atoms with van der Waals surface area (Å²) in [4.78, 5) is 43.9. The number of nitrogens with one attached hydrogen (secondary N) is 3. The number of pyridine rings is 1. The van der Waals surface area contributed by atoms with E-state index in [0.717, 1.165) is 4.90 Å². The summed E-state index contributed by atoms with van der Waals surface area (Å²) in [5.41, 5.74) is 2.33. The number of amides is 3. The summed E-state index contributed by atoms with van der Waals surface area (Å²) < 4.78 is 0. The fourth-order valence-electron chi connectivity index (χ4n) is 3.66. The Morgan fingerprint density at radius 1 is 0.900 bits per heavy atom. The number of halogens is 1. The molecule has 4 aromatic rings. The number of carbonyl (C=O) groups is 3. The molecule has 0 spiro atoms. The average molecular weight is 571 g/mol. The smallest absolute Gasteiger partial charge is 0.272 e. The van der Waals surface area contributed by atoms with E-state index in [4.69, 9.17) is 11.6 Å². The van der Waals surface area contributed by atoms with Crippen molar-refractivity contribution in [2.75, 3.05) is 10.6 Å². The van der Waals surface area contributed by atoms with E-state index >= 15 is 0 Å². The molecule has 0 aliphatic heterocycles. The summed E-state index contributed by atoms with van der Waals surface area (Å²) in [6.07, 6.45) is 5.39. The minimum atomic E-state index is -0.497. The molecule has 0 aliphatic carbocycles. The van der Waals surface area contributed by atoms with Gasteiger partial charge in [0.15, 0.2) is 0 Å². The molecule has 9 heteroatoms. The van der Waals surface area contributed by atoms with Crippen LogP contribution in [0.4, 0.5) is 11.4 Å². The molecule has 1 unspecified atom stereocenters. The van der Waals surface area contributed by atoms with Gasteiger partial charge in [-0.25, -0.2) is 0 Å². The van der Waals surface area contributed by atoms with E-state index in [0.29, 0.717) is 33.9 Å². The molecule has 1 aromatic heterocycles. The molecular weight excluding hydrogens is 544 g/mol. The van der Waals surface area contributed by atoms with E-state index < -0.39 is 11.8 Å². The first-order valence-corrected chi connectivity index (χ1v) is 13.8. The topological polar surface area (TPSA) is 100 Å². The fraction of sp³-hybridized carbons (Fsp3) is 0.0968. The Hall–Kier alpha value is -4.40. The number of nitrogens with zero attached hydrogens (tertiary/aromatic N) is 1. The van der Waals surface area contributed by atoms with Gasteiger partial charge in [0.1, 0.15) is 5.70 Å². The van der Waals surface area contributed by atoms with E-state index in [1.165, 1.54) is 11.8 Å². The van der Waals surface area contributed by atoms with Crippen molar-refractivity contribution in [3.8, 4) is 0 Å². The number of hydrogen-bond acceptors (Lipinski definition) is 5. The minimum absolute atomic E-state index is 0.0636. The van der Waals surface area contributed by atoms with Gasteiger partial charge >= 0.3 is 0 Å². The normalized spacial score (nSPS) is 11.8. The summed E-state index contributed by atoms with van der Waals surface area (Å²) in [5, 5.41) is 8.73. The zero-order valence-corrected chi connectivity index (χ0v) is 23.2. The number of rotatable bonds is 10. The van der Waals surface area contributed by atoms with Crippen LogP contribution in [0.5, 0.6) is 0 Å².